The van der Waals surface area contributed by atoms with E-state index in [1.165, 1.54) is 0 Å². The van der Waals surface area contributed by atoms with Crippen molar-refractivity contribution in [3.63, 3.8) is 0 Å². The van der Waals surface area contributed by atoms with Crippen LogP contribution in [0, 0.1) is 0 Å². The minimum Gasteiger partial charge on any atom is -0.443 e. The number of alkyl halides is 1. The average Bonchev–Trinajstić information content (AvgIpc) is 2.73. The molecule has 1 heterocycles. The Kier molecular flexibility index (Phi) is 10.3. The summed E-state index contributed by atoms with van der Waals surface area (Å²) in [5.41, 5.74) is -3.19. The van der Waals surface area contributed by atoms with Crippen LogP contribution < -0.4 is 9.80 Å². The van der Waals surface area contributed by atoms with Gasteiger partial charge in [0.05, 0.1) is 5.52 Å². The summed E-state index contributed by atoms with van der Waals surface area (Å²) in [5.74, 6) is -0.768. The van der Waals surface area contributed by atoms with Crippen LogP contribution in [0.5, 0.6) is 0 Å². The van der Waals surface area contributed by atoms with Crippen LogP contribution in [-0.2, 0) is 24.3 Å². The summed E-state index contributed by atoms with van der Waals surface area (Å²) in [7, 11) is 0. The van der Waals surface area contributed by atoms with Crippen molar-refractivity contribution < 1.29 is 38.1 Å². The van der Waals surface area contributed by atoms with Gasteiger partial charge in [-0.2, -0.15) is 9.88 Å². The summed E-state index contributed by atoms with van der Waals surface area (Å²) in [4.78, 5) is 64.0. The maximum atomic E-state index is 13.6. The number of carbonyl (C=O) groups is 4. The Morgan fingerprint density at radius 3 is 1.38 bits per heavy atom. The number of amides is 4. The zero-order valence-electron chi connectivity index (χ0n) is 26.4. The third kappa shape index (κ3) is 9.81. The van der Waals surface area contributed by atoms with Crippen LogP contribution >= 0.6 is 15.9 Å². The molecule has 2 rings (SSSR count). The highest BCUT2D eigenvalue weighted by Gasteiger charge is 2.39. The van der Waals surface area contributed by atoms with E-state index in [-0.39, 0.29) is 16.7 Å². The number of halogens is 1. The monoisotopic (exact) mass is 652 g/mol. The normalized spacial score (nSPS) is 12.4. The van der Waals surface area contributed by atoms with Crippen molar-refractivity contribution in [1.82, 2.24) is 9.97 Å². The maximum Gasteiger partial charge on any atom is 0.427 e. The second kappa shape index (κ2) is 12.4. The van der Waals surface area contributed by atoms with Crippen molar-refractivity contribution in [3.8, 4) is 0 Å². The minimum absolute atomic E-state index is 0.209. The summed E-state index contributed by atoms with van der Waals surface area (Å²) in [6.07, 6.45) is -4.43. The van der Waals surface area contributed by atoms with Gasteiger partial charge in [0.25, 0.3) is 0 Å². The molecule has 0 saturated carbocycles. The Hall–Kier alpha value is -3.48. The van der Waals surface area contributed by atoms with Crippen LogP contribution in [0.25, 0.3) is 10.9 Å². The fraction of sp³-hybridized carbons (Fsp3) is 0.586. The van der Waals surface area contributed by atoms with E-state index >= 15 is 0 Å². The first-order valence-electron chi connectivity index (χ1n) is 13.3. The fourth-order valence-corrected chi connectivity index (χ4v) is 3.78. The Balaban J connectivity index is 2.99. The number of anilines is 2. The van der Waals surface area contributed by atoms with E-state index in [0.29, 0.717) is 20.7 Å². The molecular formula is C29H41BrN4O8. The van der Waals surface area contributed by atoms with Gasteiger partial charge < -0.3 is 18.9 Å². The number of aromatic nitrogens is 2. The third-order valence-electron chi connectivity index (χ3n) is 4.64. The van der Waals surface area contributed by atoms with Crippen LogP contribution in [-0.4, -0.2) is 56.7 Å². The highest BCUT2D eigenvalue weighted by molar-refractivity contribution is 9.08. The number of carbonyl (C=O) groups excluding carboxylic acids is 4. The van der Waals surface area contributed by atoms with Crippen molar-refractivity contribution in [3.05, 3.63) is 23.8 Å². The van der Waals surface area contributed by atoms with E-state index in [1.54, 1.807) is 101 Å². The first-order valence-corrected chi connectivity index (χ1v) is 14.4. The van der Waals surface area contributed by atoms with Gasteiger partial charge in [0.2, 0.25) is 5.95 Å². The molecule has 1 aromatic carbocycles. The zero-order chi connectivity index (χ0) is 32.4. The quantitative estimate of drug-likeness (QED) is 0.238. The molecule has 0 fully saturated rings. The van der Waals surface area contributed by atoms with E-state index in [0.717, 1.165) is 0 Å². The second-order valence-electron chi connectivity index (χ2n) is 13.4. The number of hydrogen-bond acceptors (Lipinski definition) is 10. The number of nitrogens with zero attached hydrogens (tertiary/aromatic N) is 4. The number of imide groups is 2. The fourth-order valence-electron chi connectivity index (χ4n) is 3.31. The van der Waals surface area contributed by atoms with Gasteiger partial charge in [0, 0.05) is 10.7 Å². The lowest BCUT2D eigenvalue weighted by Gasteiger charge is -2.30. The molecular weight excluding hydrogens is 612 g/mol. The smallest absolute Gasteiger partial charge is 0.427 e. The zero-order valence-corrected chi connectivity index (χ0v) is 28.0. The van der Waals surface area contributed by atoms with Crippen molar-refractivity contribution in [1.29, 1.82) is 0 Å². The largest absolute Gasteiger partial charge is 0.443 e. The molecule has 232 valence electrons. The number of fused-ring (bicyclic) bond motifs is 1. The number of hydrogen-bond donors (Lipinski definition) is 0. The molecule has 0 saturated heterocycles. The Bertz CT molecular complexity index is 1290. The van der Waals surface area contributed by atoms with Crippen LogP contribution in [0.15, 0.2) is 18.2 Å². The minimum atomic E-state index is -1.13. The molecule has 0 unspecified atom stereocenters. The van der Waals surface area contributed by atoms with Gasteiger partial charge in [0.1, 0.15) is 22.4 Å². The Morgan fingerprint density at radius 2 is 1.02 bits per heavy atom. The van der Waals surface area contributed by atoms with E-state index in [9.17, 15) is 19.2 Å². The van der Waals surface area contributed by atoms with Crippen molar-refractivity contribution in [2.75, 3.05) is 9.80 Å². The topological polar surface area (TPSA) is 137 Å². The second-order valence-corrected chi connectivity index (χ2v) is 13.9. The van der Waals surface area contributed by atoms with E-state index in [2.05, 4.69) is 25.9 Å². The molecule has 42 heavy (non-hydrogen) atoms. The number of rotatable bonds is 3. The van der Waals surface area contributed by atoms with Crippen LogP contribution in [0.2, 0.25) is 0 Å². The van der Waals surface area contributed by atoms with Gasteiger partial charge in [-0.05, 0) is 94.7 Å². The molecule has 0 aliphatic heterocycles. The lowest BCUT2D eigenvalue weighted by atomic mass is 10.1. The molecule has 0 radical (unpaired) electrons. The van der Waals surface area contributed by atoms with Gasteiger partial charge in [-0.25, -0.2) is 24.2 Å². The number of benzene rings is 1. The molecule has 0 atom stereocenters. The molecule has 12 nitrogen and oxygen atoms in total. The van der Waals surface area contributed by atoms with Gasteiger partial charge in [-0.3, -0.25) is 0 Å². The lowest BCUT2D eigenvalue weighted by Crippen LogP contribution is -2.46. The predicted octanol–water partition coefficient (Wildman–Crippen LogP) is 7.88. The van der Waals surface area contributed by atoms with Crippen LogP contribution in [0.4, 0.5) is 30.9 Å². The van der Waals surface area contributed by atoms with Gasteiger partial charge in [-0.15, -0.1) is 4.90 Å². The molecule has 0 aliphatic rings. The lowest BCUT2D eigenvalue weighted by molar-refractivity contribution is 0.0411. The standard InChI is InChI=1S/C29H41BrN4O8/c1-26(2,3)39-22(35)33(23(36)40-27(4,5)6)20-19-17(16-30)14-13-15-18(19)31-21(32-20)34(24(37)41-28(7,8)9)25(38)42-29(10,11)12/h13-15H,16H2,1-12H3. The van der Waals surface area contributed by atoms with Crippen molar-refractivity contribution in [2.24, 2.45) is 0 Å². The highest BCUT2D eigenvalue weighted by atomic mass is 79.9. The van der Waals surface area contributed by atoms with Crippen molar-refractivity contribution in [2.45, 2.75) is 111 Å². The summed E-state index contributed by atoms with van der Waals surface area (Å²) < 4.78 is 22.1. The van der Waals surface area contributed by atoms with Gasteiger partial charge in [0.15, 0.2) is 5.82 Å². The van der Waals surface area contributed by atoms with Crippen LogP contribution in [0.1, 0.15) is 88.6 Å². The van der Waals surface area contributed by atoms with Gasteiger partial charge >= 0.3 is 24.4 Å². The molecule has 1 aromatic heterocycles. The molecule has 0 spiro atoms. The van der Waals surface area contributed by atoms with Crippen LogP contribution in [0.3, 0.4) is 0 Å². The third-order valence-corrected chi connectivity index (χ3v) is 5.24. The maximum absolute atomic E-state index is 13.6. The molecule has 0 N–H and O–H groups in total. The molecule has 13 heteroatoms. The summed E-state index contributed by atoms with van der Waals surface area (Å²) in [6, 6.07) is 5.02. The van der Waals surface area contributed by atoms with Gasteiger partial charge in [-0.1, -0.05) is 28.1 Å². The molecule has 4 amide bonds. The summed E-state index contributed by atoms with van der Waals surface area (Å²) in [6.45, 7) is 19.6. The summed E-state index contributed by atoms with van der Waals surface area (Å²) in [5, 5.41) is 0.571. The first kappa shape index (κ1) is 34.7. The predicted molar refractivity (Wildman–Crippen MR) is 162 cm³/mol. The van der Waals surface area contributed by atoms with E-state index < -0.39 is 52.7 Å². The van der Waals surface area contributed by atoms with Crippen molar-refractivity contribution >= 4 is 63.0 Å². The van der Waals surface area contributed by atoms with E-state index in [4.69, 9.17) is 18.9 Å². The Labute approximate surface area is 255 Å². The SMILES string of the molecule is CC(C)(C)OC(=O)N(C(=O)OC(C)(C)C)c1nc(N(C(=O)OC(C)(C)C)C(=O)OC(C)(C)C)c2c(CBr)cccc2n1. The van der Waals surface area contributed by atoms with E-state index in [1.807, 2.05) is 0 Å². The molecule has 0 bridgehead atoms. The first-order chi connectivity index (χ1) is 18.9. The molecule has 0 aliphatic carbocycles. The number of ether oxygens (including phenoxy) is 4. The summed E-state index contributed by atoms with van der Waals surface area (Å²) >= 11 is 3.43. The average molecular weight is 654 g/mol. The Morgan fingerprint density at radius 1 is 0.643 bits per heavy atom. The highest BCUT2D eigenvalue weighted by Crippen LogP contribution is 2.34. The molecule has 2 aromatic rings.